The van der Waals surface area contributed by atoms with Crippen LogP contribution in [0, 0.1) is 0 Å². The summed E-state index contributed by atoms with van der Waals surface area (Å²) in [5.74, 6) is 0.109. The molecule has 0 aliphatic rings. The molecule has 1 nitrogen and oxygen atoms in total. The minimum atomic E-state index is 0.109. The third kappa shape index (κ3) is 2.47. The van der Waals surface area contributed by atoms with Crippen molar-refractivity contribution in [2.24, 2.45) is 0 Å². The Morgan fingerprint density at radius 1 is 0.800 bits per heavy atom. The Labute approximate surface area is 122 Å². The topological polar surface area (TPSA) is 17.1 Å². The maximum Gasteiger partial charge on any atom is 0.160 e. The average Bonchev–Trinajstić information content (AvgIpc) is 2.48. The Kier molecular flexibility index (Phi) is 3.57. The van der Waals surface area contributed by atoms with Crippen molar-refractivity contribution >= 4 is 28.3 Å². The molecule has 0 saturated carbocycles. The van der Waals surface area contributed by atoms with E-state index in [1.165, 1.54) is 9.79 Å². The molecule has 98 valence electrons. The van der Waals surface area contributed by atoms with Crippen molar-refractivity contribution in [3.05, 3.63) is 72.3 Å². The molecule has 0 aliphatic carbocycles. The molecule has 3 rings (SSSR count). The van der Waals surface area contributed by atoms with Crippen molar-refractivity contribution in [2.45, 2.75) is 16.7 Å². The first-order valence-electron chi connectivity index (χ1n) is 6.51. The van der Waals surface area contributed by atoms with E-state index >= 15 is 0 Å². The average molecular weight is 278 g/mol. The second-order valence-electron chi connectivity index (χ2n) is 4.63. The highest BCUT2D eigenvalue weighted by molar-refractivity contribution is 7.99. The molecule has 0 atom stereocenters. The van der Waals surface area contributed by atoms with Crippen LogP contribution >= 0.6 is 11.8 Å². The number of hydrogen-bond donors (Lipinski definition) is 0. The van der Waals surface area contributed by atoms with E-state index in [0.717, 1.165) is 16.3 Å². The van der Waals surface area contributed by atoms with Gasteiger partial charge >= 0.3 is 0 Å². The van der Waals surface area contributed by atoms with E-state index in [-0.39, 0.29) is 5.78 Å². The molecule has 3 aromatic rings. The van der Waals surface area contributed by atoms with Crippen LogP contribution < -0.4 is 0 Å². The molecule has 0 aliphatic heterocycles. The molecule has 0 spiro atoms. The van der Waals surface area contributed by atoms with Gasteiger partial charge in [0.1, 0.15) is 0 Å². The summed E-state index contributed by atoms with van der Waals surface area (Å²) in [6, 6.07) is 22.3. The number of hydrogen-bond acceptors (Lipinski definition) is 2. The van der Waals surface area contributed by atoms with E-state index < -0.39 is 0 Å². The van der Waals surface area contributed by atoms with Crippen LogP contribution in [-0.2, 0) is 0 Å². The van der Waals surface area contributed by atoms with Crippen LogP contribution in [0.3, 0.4) is 0 Å². The summed E-state index contributed by atoms with van der Waals surface area (Å²) in [6.45, 7) is 1.62. The molecule has 0 saturated heterocycles. The highest BCUT2D eigenvalue weighted by Crippen LogP contribution is 2.34. The van der Waals surface area contributed by atoms with E-state index in [4.69, 9.17) is 0 Å². The first kappa shape index (κ1) is 12.9. The number of Topliss-reactive ketones (excluding diaryl/α,β-unsaturated/α-hetero) is 1. The first-order valence-corrected chi connectivity index (χ1v) is 7.33. The largest absolute Gasteiger partial charge is 0.294 e. The minimum Gasteiger partial charge on any atom is -0.294 e. The fourth-order valence-corrected chi connectivity index (χ4v) is 3.25. The Morgan fingerprint density at radius 3 is 2.15 bits per heavy atom. The Morgan fingerprint density at radius 2 is 1.45 bits per heavy atom. The number of carbonyl (C=O) groups is 1. The Bertz CT molecular complexity index is 763. The van der Waals surface area contributed by atoms with Crippen LogP contribution in [-0.4, -0.2) is 5.78 Å². The van der Waals surface area contributed by atoms with Gasteiger partial charge in [0.05, 0.1) is 0 Å². The van der Waals surface area contributed by atoms with Crippen molar-refractivity contribution in [2.75, 3.05) is 0 Å². The standard InChI is InChI=1S/C18H14OS/c1-13(19)15-11-12-18(17-10-6-5-9-16(15)17)20-14-7-3-2-4-8-14/h2-12H,1H3. The molecule has 20 heavy (non-hydrogen) atoms. The highest BCUT2D eigenvalue weighted by Gasteiger charge is 2.09. The zero-order valence-electron chi connectivity index (χ0n) is 11.2. The number of ketones is 1. The van der Waals surface area contributed by atoms with E-state index in [1.54, 1.807) is 18.7 Å². The summed E-state index contributed by atoms with van der Waals surface area (Å²) in [5.41, 5.74) is 0.790. The molecule has 0 aromatic heterocycles. The third-order valence-corrected chi connectivity index (χ3v) is 4.32. The number of benzene rings is 3. The lowest BCUT2D eigenvalue weighted by Gasteiger charge is -2.09. The van der Waals surface area contributed by atoms with E-state index in [9.17, 15) is 4.79 Å². The van der Waals surface area contributed by atoms with Crippen LogP contribution in [0.4, 0.5) is 0 Å². The molecule has 0 bridgehead atoms. The van der Waals surface area contributed by atoms with E-state index in [1.807, 2.05) is 48.5 Å². The molecule has 2 heteroatoms. The normalized spacial score (nSPS) is 10.7. The van der Waals surface area contributed by atoms with Gasteiger partial charge in [-0.1, -0.05) is 54.2 Å². The van der Waals surface area contributed by atoms with E-state index in [0.29, 0.717) is 0 Å². The van der Waals surface area contributed by atoms with Crippen molar-refractivity contribution < 1.29 is 4.79 Å². The quantitative estimate of drug-likeness (QED) is 0.613. The summed E-state index contributed by atoms with van der Waals surface area (Å²) < 4.78 is 0. The highest BCUT2D eigenvalue weighted by atomic mass is 32.2. The minimum absolute atomic E-state index is 0.109. The molecule has 0 amide bonds. The molecule has 0 unspecified atom stereocenters. The van der Waals surface area contributed by atoms with Gasteiger partial charge in [0, 0.05) is 15.4 Å². The molecule has 0 fully saturated rings. The molecule has 3 aromatic carbocycles. The van der Waals surface area contributed by atoms with Crippen LogP contribution in [0.1, 0.15) is 17.3 Å². The summed E-state index contributed by atoms with van der Waals surface area (Å²) in [7, 11) is 0. The van der Waals surface area contributed by atoms with Gasteiger partial charge in [0.25, 0.3) is 0 Å². The second kappa shape index (κ2) is 5.51. The fourth-order valence-electron chi connectivity index (χ4n) is 2.28. The SMILES string of the molecule is CC(=O)c1ccc(Sc2ccccc2)c2ccccc12. The zero-order valence-corrected chi connectivity index (χ0v) is 12.0. The van der Waals surface area contributed by atoms with Crippen molar-refractivity contribution in [3.63, 3.8) is 0 Å². The maximum atomic E-state index is 11.7. The predicted molar refractivity (Wildman–Crippen MR) is 84.5 cm³/mol. The van der Waals surface area contributed by atoms with Crippen LogP contribution in [0.5, 0.6) is 0 Å². The number of carbonyl (C=O) groups excluding carboxylic acids is 1. The van der Waals surface area contributed by atoms with Crippen molar-refractivity contribution in [1.82, 2.24) is 0 Å². The van der Waals surface area contributed by atoms with Gasteiger partial charge in [-0.3, -0.25) is 4.79 Å². The molecule has 0 radical (unpaired) electrons. The van der Waals surface area contributed by atoms with Crippen molar-refractivity contribution in [3.8, 4) is 0 Å². The molecule has 0 heterocycles. The van der Waals surface area contributed by atoms with Gasteiger partial charge < -0.3 is 0 Å². The fraction of sp³-hybridized carbons (Fsp3) is 0.0556. The smallest absolute Gasteiger partial charge is 0.160 e. The lowest BCUT2D eigenvalue weighted by atomic mass is 10.0. The Hall–Kier alpha value is -2.06. The van der Waals surface area contributed by atoms with Crippen LogP contribution in [0.25, 0.3) is 10.8 Å². The van der Waals surface area contributed by atoms with E-state index in [2.05, 4.69) is 18.2 Å². The van der Waals surface area contributed by atoms with Gasteiger partial charge in [-0.25, -0.2) is 0 Å². The maximum absolute atomic E-state index is 11.7. The number of rotatable bonds is 3. The van der Waals surface area contributed by atoms with Crippen LogP contribution in [0.2, 0.25) is 0 Å². The Balaban J connectivity index is 2.13. The van der Waals surface area contributed by atoms with Gasteiger partial charge in [-0.2, -0.15) is 0 Å². The lowest BCUT2D eigenvalue weighted by molar-refractivity contribution is 0.101. The van der Waals surface area contributed by atoms with Gasteiger partial charge in [-0.05, 0) is 42.0 Å². The number of fused-ring (bicyclic) bond motifs is 1. The van der Waals surface area contributed by atoms with Crippen molar-refractivity contribution in [1.29, 1.82) is 0 Å². The molecular formula is C18H14OS. The zero-order chi connectivity index (χ0) is 13.9. The molecule has 0 N–H and O–H groups in total. The predicted octanol–water partition coefficient (Wildman–Crippen LogP) is 5.19. The second-order valence-corrected chi connectivity index (χ2v) is 5.74. The monoisotopic (exact) mass is 278 g/mol. The van der Waals surface area contributed by atoms with Crippen LogP contribution in [0.15, 0.2) is 76.5 Å². The van der Waals surface area contributed by atoms with Gasteiger partial charge in [0.15, 0.2) is 5.78 Å². The summed E-state index contributed by atoms with van der Waals surface area (Å²) in [4.78, 5) is 14.1. The molecular weight excluding hydrogens is 264 g/mol. The first-order chi connectivity index (χ1) is 9.75. The van der Waals surface area contributed by atoms with Gasteiger partial charge in [-0.15, -0.1) is 0 Å². The van der Waals surface area contributed by atoms with Gasteiger partial charge in [0.2, 0.25) is 0 Å². The lowest BCUT2D eigenvalue weighted by Crippen LogP contribution is -1.94. The summed E-state index contributed by atoms with van der Waals surface area (Å²) in [6.07, 6.45) is 0. The third-order valence-electron chi connectivity index (χ3n) is 3.23. The summed E-state index contributed by atoms with van der Waals surface area (Å²) in [5, 5.41) is 2.16. The summed E-state index contributed by atoms with van der Waals surface area (Å²) >= 11 is 1.73.